The molecule has 1 aromatic carbocycles. The molecule has 0 aliphatic carbocycles. The fourth-order valence-electron chi connectivity index (χ4n) is 2.70. The van der Waals surface area contributed by atoms with E-state index in [2.05, 4.69) is 35.3 Å². The lowest BCUT2D eigenvalue weighted by atomic mass is 10.1. The van der Waals surface area contributed by atoms with Crippen LogP contribution in [-0.4, -0.2) is 20.7 Å². The molecular formula is C18H20N4OS. The van der Waals surface area contributed by atoms with Crippen molar-refractivity contribution in [3.63, 3.8) is 0 Å². The number of aromatic nitrogens is 3. The Morgan fingerprint density at radius 1 is 1.29 bits per heavy atom. The average molecular weight is 340 g/mol. The fourth-order valence-corrected chi connectivity index (χ4v) is 3.72. The number of benzene rings is 1. The largest absolute Gasteiger partial charge is 0.345 e. The molecule has 0 fully saturated rings. The standard InChI is InChI=1S/C18H20N4OS/c1-12-8-17(14(3)24-12)13(2)21-18(23)16-6-4-15(5-7-16)9-22-11-19-10-20-22/h4-8,10-11,13H,9H2,1-3H3,(H,21,23)/t13-/m1/s1. The lowest BCUT2D eigenvalue weighted by Crippen LogP contribution is -2.26. The van der Waals surface area contributed by atoms with E-state index in [1.165, 1.54) is 21.6 Å². The molecule has 0 radical (unpaired) electrons. The maximum atomic E-state index is 12.4. The Balaban J connectivity index is 1.65. The van der Waals surface area contributed by atoms with E-state index in [-0.39, 0.29) is 11.9 Å². The van der Waals surface area contributed by atoms with E-state index in [9.17, 15) is 4.79 Å². The van der Waals surface area contributed by atoms with Crippen molar-refractivity contribution in [2.24, 2.45) is 0 Å². The van der Waals surface area contributed by atoms with Crippen LogP contribution in [0.15, 0.2) is 43.0 Å². The predicted molar refractivity (Wildman–Crippen MR) is 95.2 cm³/mol. The van der Waals surface area contributed by atoms with E-state index in [0.717, 1.165) is 5.56 Å². The summed E-state index contributed by atoms with van der Waals surface area (Å²) in [7, 11) is 0. The normalized spacial score (nSPS) is 12.1. The first-order valence-corrected chi connectivity index (χ1v) is 8.63. The minimum absolute atomic E-state index is 0.00252. The van der Waals surface area contributed by atoms with Crippen molar-refractivity contribution in [1.82, 2.24) is 20.1 Å². The van der Waals surface area contributed by atoms with Gasteiger partial charge in [0.1, 0.15) is 12.7 Å². The van der Waals surface area contributed by atoms with Crippen LogP contribution in [0.2, 0.25) is 0 Å². The molecule has 2 aromatic heterocycles. The Morgan fingerprint density at radius 2 is 2.04 bits per heavy atom. The third kappa shape index (κ3) is 3.71. The quantitative estimate of drug-likeness (QED) is 0.773. The van der Waals surface area contributed by atoms with E-state index >= 15 is 0 Å². The van der Waals surface area contributed by atoms with Gasteiger partial charge in [0.25, 0.3) is 5.91 Å². The van der Waals surface area contributed by atoms with Crippen LogP contribution >= 0.6 is 11.3 Å². The summed E-state index contributed by atoms with van der Waals surface area (Å²) in [6.07, 6.45) is 3.19. The zero-order valence-corrected chi connectivity index (χ0v) is 14.8. The van der Waals surface area contributed by atoms with Gasteiger partial charge in [-0.05, 0) is 50.1 Å². The Hall–Kier alpha value is -2.47. The van der Waals surface area contributed by atoms with Gasteiger partial charge in [-0.2, -0.15) is 5.10 Å². The molecule has 5 nitrogen and oxygen atoms in total. The van der Waals surface area contributed by atoms with Crippen molar-refractivity contribution in [3.8, 4) is 0 Å². The Labute approximate surface area is 145 Å². The molecule has 0 spiro atoms. The smallest absolute Gasteiger partial charge is 0.251 e. The molecule has 3 rings (SSSR count). The Morgan fingerprint density at radius 3 is 2.62 bits per heavy atom. The molecule has 6 heteroatoms. The van der Waals surface area contributed by atoms with E-state index in [1.807, 2.05) is 31.2 Å². The molecular weight excluding hydrogens is 320 g/mol. The fraction of sp³-hybridized carbons (Fsp3) is 0.278. The second-order valence-corrected chi connectivity index (χ2v) is 7.31. The number of carbonyl (C=O) groups is 1. The van der Waals surface area contributed by atoms with E-state index in [4.69, 9.17) is 0 Å². The van der Waals surface area contributed by atoms with Gasteiger partial charge in [0.05, 0.1) is 12.6 Å². The number of hydrogen-bond donors (Lipinski definition) is 1. The van der Waals surface area contributed by atoms with Gasteiger partial charge in [0, 0.05) is 15.3 Å². The van der Waals surface area contributed by atoms with E-state index < -0.39 is 0 Å². The molecule has 0 bridgehead atoms. The van der Waals surface area contributed by atoms with Gasteiger partial charge in [-0.15, -0.1) is 11.3 Å². The summed E-state index contributed by atoms with van der Waals surface area (Å²) < 4.78 is 1.75. The van der Waals surface area contributed by atoms with Gasteiger partial charge < -0.3 is 5.32 Å². The van der Waals surface area contributed by atoms with Gasteiger partial charge in [0.15, 0.2) is 0 Å². The van der Waals surface area contributed by atoms with Crippen LogP contribution in [0.4, 0.5) is 0 Å². The summed E-state index contributed by atoms with van der Waals surface area (Å²) in [6, 6.07) is 9.73. The number of thiophene rings is 1. The number of hydrogen-bond acceptors (Lipinski definition) is 4. The number of nitrogens with one attached hydrogen (secondary N) is 1. The summed E-state index contributed by atoms with van der Waals surface area (Å²) in [5, 5.41) is 7.15. The van der Waals surface area contributed by atoms with Crippen LogP contribution in [0.25, 0.3) is 0 Å². The average Bonchev–Trinajstić information content (AvgIpc) is 3.17. The molecule has 0 saturated heterocycles. The van der Waals surface area contributed by atoms with Crippen LogP contribution < -0.4 is 5.32 Å². The molecule has 1 atom stereocenters. The first-order valence-electron chi connectivity index (χ1n) is 7.82. The van der Waals surface area contributed by atoms with Crippen LogP contribution in [0, 0.1) is 13.8 Å². The molecule has 0 aliphatic rings. The maximum Gasteiger partial charge on any atom is 0.251 e. The zero-order valence-electron chi connectivity index (χ0n) is 14.0. The lowest BCUT2D eigenvalue weighted by molar-refractivity contribution is 0.0940. The third-order valence-electron chi connectivity index (χ3n) is 3.92. The minimum atomic E-state index is -0.0574. The zero-order chi connectivity index (χ0) is 17.1. The van der Waals surface area contributed by atoms with Gasteiger partial charge in [-0.1, -0.05) is 12.1 Å². The molecule has 0 saturated carbocycles. The molecule has 124 valence electrons. The predicted octanol–water partition coefficient (Wildman–Crippen LogP) is 3.50. The molecule has 2 heterocycles. The molecule has 1 N–H and O–H groups in total. The van der Waals surface area contributed by atoms with E-state index in [0.29, 0.717) is 12.1 Å². The van der Waals surface area contributed by atoms with Gasteiger partial charge in [-0.3, -0.25) is 4.79 Å². The lowest BCUT2D eigenvalue weighted by Gasteiger charge is -2.14. The Kier molecular flexibility index (Phi) is 4.76. The molecule has 1 amide bonds. The van der Waals surface area contributed by atoms with Crippen LogP contribution in [0.5, 0.6) is 0 Å². The summed E-state index contributed by atoms with van der Waals surface area (Å²) in [6.45, 7) is 6.84. The van der Waals surface area contributed by atoms with Gasteiger partial charge >= 0.3 is 0 Å². The molecule has 24 heavy (non-hydrogen) atoms. The first-order chi connectivity index (χ1) is 11.5. The van der Waals surface area contributed by atoms with Crippen molar-refractivity contribution >= 4 is 17.2 Å². The van der Waals surface area contributed by atoms with E-state index in [1.54, 1.807) is 22.3 Å². The van der Waals surface area contributed by atoms with Crippen LogP contribution in [0.1, 0.15) is 44.2 Å². The highest BCUT2D eigenvalue weighted by Gasteiger charge is 2.15. The number of carbonyl (C=O) groups excluding carboxylic acids is 1. The number of amides is 1. The number of rotatable bonds is 5. The molecule has 3 aromatic rings. The van der Waals surface area contributed by atoms with Crippen LogP contribution in [0.3, 0.4) is 0 Å². The van der Waals surface area contributed by atoms with Crippen molar-refractivity contribution in [2.75, 3.05) is 0 Å². The summed E-state index contributed by atoms with van der Waals surface area (Å²) in [5.41, 5.74) is 2.93. The van der Waals surface area contributed by atoms with Crippen molar-refractivity contribution in [2.45, 2.75) is 33.4 Å². The monoisotopic (exact) mass is 340 g/mol. The summed E-state index contributed by atoms with van der Waals surface area (Å²) in [5.74, 6) is -0.0574. The van der Waals surface area contributed by atoms with Crippen LogP contribution in [-0.2, 0) is 6.54 Å². The Bertz CT molecular complexity index is 821. The highest BCUT2D eigenvalue weighted by Crippen LogP contribution is 2.26. The number of aryl methyl sites for hydroxylation is 2. The highest BCUT2D eigenvalue weighted by atomic mass is 32.1. The maximum absolute atomic E-state index is 12.4. The second-order valence-electron chi connectivity index (χ2n) is 5.85. The number of nitrogens with zero attached hydrogens (tertiary/aromatic N) is 3. The first kappa shape index (κ1) is 16.4. The molecule has 0 aliphatic heterocycles. The third-order valence-corrected chi connectivity index (χ3v) is 4.90. The highest BCUT2D eigenvalue weighted by molar-refractivity contribution is 7.12. The van der Waals surface area contributed by atoms with Gasteiger partial charge in [0.2, 0.25) is 0 Å². The van der Waals surface area contributed by atoms with Crippen molar-refractivity contribution in [3.05, 3.63) is 69.4 Å². The minimum Gasteiger partial charge on any atom is -0.345 e. The second kappa shape index (κ2) is 6.97. The summed E-state index contributed by atoms with van der Waals surface area (Å²) >= 11 is 1.76. The van der Waals surface area contributed by atoms with Crippen molar-refractivity contribution in [1.29, 1.82) is 0 Å². The molecule has 0 unspecified atom stereocenters. The summed E-state index contributed by atoms with van der Waals surface area (Å²) in [4.78, 5) is 18.9. The topological polar surface area (TPSA) is 59.8 Å². The van der Waals surface area contributed by atoms with Gasteiger partial charge in [-0.25, -0.2) is 9.67 Å². The van der Waals surface area contributed by atoms with Crippen molar-refractivity contribution < 1.29 is 4.79 Å². The SMILES string of the molecule is Cc1cc([C@@H](C)NC(=O)c2ccc(Cn3cncn3)cc2)c(C)s1.